The number of hydrogen-bond donors (Lipinski definition) is 0. The number of nitrogens with zero attached hydrogens (tertiary/aromatic N) is 2. The number of rotatable bonds is 4. The van der Waals surface area contributed by atoms with E-state index in [1.54, 1.807) is 0 Å². The maximum absolute atomic E-state index is 13.0. The summed E-state index contributed by atoms with van der Waals surface area (Å²) in [6.45, 7) is -0.588. The Balaban J connectivity index is 1.84. The van der Waals surface area contributed by atoms with E-state index in [1.807, 2.05) is 0 Å². The molecule has 10 heteroatoms. The molecule has 0 unspecified atom stereocenters. The number of sulfone groups is 1. The van der Waals surface area contributed by atoms with Crippen LogP contribution < -0.4 is 0 Å². The molecule has 2 saturated heterocycles. The van der Waals surface area contributed by atoms with E-state index >= 15 is 0 Å². The van der Waals surface area contributed by atoms with Gasteiger partial charge in [0, 0.05) is 26.2 Å². The number of carbonyl (C=O) groups excluding carboxylic acids is 1. The Hall–Kier alpha value is -0.900. The minimum atomic E-state index is -4.06. The Labute approximate surface area is 126 Å². The summed E-state index contributed by atoms with van der Waals surface area (Å²) in [5, 5.41) is 0. The van der Waals surface area contributed by atoms with Gasteiger partial charge in [-0.2, -0.15) is 8.78 Å². The molecule has 0 aliphatic carbocycles. The van der Waals surface area contributed by atoms with E-state index in [2.05, 4.69) is 0 Å². The van der Waals surface area contributed by atoms with Gasteiger partial charge in [0.05, 0.1) is 24.0 Å². The van der Waals surface area contributed by atoms with Crippen LogP contribution in [-0.2, 0) is 14.6 Å². The standard InChI is InChI=1S/C12H18F4N2O3S/c13-11(14)12(15,16)8-17-2-4-18(5-3-17)10(19)9-1-6-22(20,21)7-9/h9,11H,1-8H2/t9-/m0/s1. The molecule has 2 rings (SSSR count). The van der Waals surface area contributed by atoms with E-state index in [1.165, 1.54) is 9.80 Å². The molecule has 128 valence electrons. The van der Waals surface area contributed by atoms with Gasteiger partial charge in [-0.3, -0.25) is 9.69 Å². The van der Waals surface area contributed by atoms with E-state index < -0.39 is 34.6 Å². The second-order valence-electron chi connectivity index (χ2n) is 5.76. The molecule has 2 heterocycles. The monoisotopic (exact) mass is 346 g/mol. The highest BCUT2D eigenvalue weighted by molar-refractivity contribution is 7.91. The van der Waals surface area contributed by atoms with Gasteiger partial charge in [0.2, 0.25) is 5.91 Å². The van der Waals surface area contributed by atoms with Crippen LogP contribution in [0.4, 0.5) is 17.6 Å². The maximum atomic E-state index is 13.0. The third-order valence-corrected chi connectivity index (χ3v) is 5.79. The van der Waals surface area contributed by atoms with Crippen molar-refractivity contribution in [3.8, 4) is 0 Å². The fourth-order valence-electron chi connectivity index (χ4n) is 2.74. The van der Waals surface area contributed by atoms with Gasteiger partial charge in [0.15, 0.2) is 9.84 Å². The number of halogens is 4. The van der Waals surface area contributed by atoms with Gasteiger partial charge in [-0.15, -0.1) is 0 Å². The summed E-state index contributed by atoms with van der Waals surface area (Å²) in [6, 6.07) is 0. The first-order valence-electron chi connectivity index (χ1n) is 6.98. The zero-order chi connectivity index (χ0) is 16.5. The van der Waals surface area contributed by atoms with Crippen molar-refractivity contribution in [1.29, 1.82) is 0 Å². The molecule has 0 radical (unpaired) electrons. The Morgan fingerprint density at radius 1 is 1.18 bits per heavy atom. The van der Waals surface area contributed by atoms with Crippen LogP contribution in [0.3, 0.4) is 0 Å². The topological polar surface area (TPSA) is 57.7 Å². The van der Waals surface area contributed by atoms with Crippen molar-refractivity contribution in [3.05, 3.63) is 0 Å². The molecule has 0 aromatic rings. The summed E-state index contributed by atoms with van der Waals surface area (Å²) in [7, 11) is -3.16. The summed E-state index contributed by atoms with van der Waals surface area (Å²) in [5.74, 6) is -5.11. The van der Waals surface area contributed by atoms with Crippen LogP contribution in [-0.4, -0.2) is 80.7 Å². The van der Waals surface area contributed by atoms with Gasteiger partial charge in [-0.05, 0) is 6.42 Å². The largest absolute Gasteiger partial charge is 0.340 e. The number of amides is 1. The zero-order valence-electron chi connectivity index (χ0n) is 11.9. The smallest absolute Gasteiger partial charge is 0.319 e. The van der Waals surface area contributed by atoms with Gasteiger partial charge in [0.1, 0.15) is 0 Å². The van der Waals surface area contributed by atoms with Crippen LogP contribution in [0.2, 0.25) is 0 Å². The first kappa shape index (κ1) is 17.5. The molecular formula is C12H18F4N2O3S. The van der Waals surface area contributed by atoms with E-state index in [0.29, 0.717) is 0 Å². The lowest BCUT2D eigenvalue weighted by atomic mass is 10.1. The normalized spacial score (nSPS) is 26.6. The highest BCUT2D eigenvalue weighted by Gasteiger charge is 2.43. The summed E-state index contributed by atoms with van der Waals surface area (Å²) in [5.41, 5.74) is 0. The Kier molecular flexibility index (Phi) is 5.00. The molecule has 0 aromatic carbocycles. The van der Waals surface area contributed by atoms with Gasteiger partial charge in [0.25, 0.3) is 0 Å². The predicted octanol–water partition coefficient (Wildman–Crippen LogP) is 0.466. The third kappa shape index (κ3) is 4.09. The molecule has 0 N–H and O–H groups in total. The fourth-order valence-corrected chi connectivity index (χ4v) is 4.47. The molecule has 0 aromatic heterocycles. The summed E-state index contributed by atoms with van der Waals surface area (Å²) >= 11 is 0. The number of hydrogen-bond acceptors (Lipinski definition) is 4. The van der Waals surface area contributed by atoms with E-state index in [9.17, 15) is 30.8 Å². The van der Waals surface area contributed by atoms with Crippen LogP contribution >= 0.6 is 0 Å². The van der Waals surface area contributed by atoms with Crippen molar-refractivity contribution < 1.29 is 30.8 Å². The second-order valence-corrected chi connectivity index (χ2v) is 7.99. The molecule has 0 saturated carbocycles. The number of alkyl halides is 4. The summed E-state index contributed by atoms with van der Waals surface area (Å²) < 4.78 is 73.0. The number of carbonyl (C=O) groups is 1. The van der Waals surface area contributed by atoms with Crippen molar-refractivity contribution in [2.45, 2.75) is 18.8 Å². The van der Waals surface area contributed by atoms with Gasteiger partial charge < -0.3 is 4.90 Å². The molecule has 0 bridgehead atoms. The Morgan fingerprint density at radius 2 is 1.77 bits per heavy atom. The maximum Gasteiger partial charge on any atom is 0.319 e. The van der Waals surface area contributed by atoms with E-state index in [-0.39, 0.29) is 50.0 Å². The molecular weight excluding hydrogens is 328 g/mol. The molecule has 0 spiro atoms. The molecule has 2 aliphatic heterocycles. The van der Waals surface area contributed by atoms with Crippen LogP contribution in [0.5, 0.6) is 0 Å². The van der Waals surface area contributed by atoms with Crippen molar-refractivity contribution in [3.63, 3.8) is 0 Å². The van der Waals surface area contributed by atoms with Crippen LogP contribution in [0, 0.1) is 5.92 Å². The first-order valence-corrected chi connectivity index (χ1v) is 8.80. The van der Waals surface area contributed by atoms with E-state index in [4.69, 9.17) is 0 Å². The van der Waals surface area contributed by atoms with Gasteiger partial charge >= 0.3 is 12.3 Å². The fraction of sp³-hybridized carbons (Fsp3) is 0.917. The highest BCUT2D eigenvalue weighted by Crippen LogP contribution is 2.25. The number of piperazine rings is 1. The molecule has 2 aliphatic rings. The molecule has 5 nitrogen and oxygen atoms in total. The van der Waals surface area contributed by atoms with Crippen molar-refractivity contribution in [1.82, 2.24) is 9.80 Å². The quantitative estimate of drug-likeness (QED) is 0.695. The molecule has 1 atom stereocenters. The average Bonchev–Trinajstić information content (AvgIpc) is 2.78. The van der Waals surface area contributed by atoms with Gasteiger partial charge in [-0.1, -0.05) is 0 Å². The first-order chi connectivity index (χ1) is 10.1. The minimum Gasteiger partial charge on any atom is -0.340 e. The molecule has 1 amide bonds. The summed E-state index contributed by atoms with van der Waals surface area (Å²) in [4.78, 5) is 14.8. The Morgan fingerprint density at radius 3 is 2.23 bits per heavy atom. The van der Waals surface area contributed by atoms with Crippen molar-refractivity contribution in [2.75, 3.05) is 44.2 Å². The molecule has 2 fully saturated rings. The lowest BCUT2D eigenvalue weighted by Gasteiger charge is -2.37. The lowest BCUT2D eigenvalue weighted by Crippen LogP contribution is -2.53. The van der Waals surface area contributed by atoms with Crippen molar-refractivity contribution >= 4 is 15.7 Å². The minimum absolute atomic E-state index is 0.00994. The Bertz CT molecular complexity index is 518. The summed E-state index contributed by atoms with van der Waals surface area (Å²) in [6.07, 6.45) is -3.43. The van der Waals surface area contributed by atoms with Crippen LogP contribution in [0.1, 0.15) is 6.42 Å². The zero-order valence-corrected chi connectivity index (χ0v) is 12.7. The van der Waals surface area contributed by atoms with Crippen LogP contribution in [0.15, 0.2) is 0 Å². The predicted molar refractivity (Wildman–Crippen MR) is 70.7 cm³/mol. The van der Waals surface area contributed by atoms with Crippen molar-refractivity contribution in [2.24, 2.45) is 5.92 Å². The van der Waals surface area contributed by atoms with Crippen LogP contribution in [0.25, 0.3) is 0 Å². The molecule has 22 heavy (non-hydrogen) atoms. The van der Waals surface area contributed by atoms with Gasteiger partial charge in [-0.25, -0.2) is 17.2 Å². The average molecular weight is 346 g/mol. The highest BCUT2D eigenvalue weighted by atomic mass is 32.2. The lowest BCUT2D eigenvalue weighted by molar-refractivity contribution is -0.149. The third-order valence-electron chi connectivity index (χ3n) is 4.02. The second kappa shape index (κ2) is 6.31. The SMILES string of the molecule is O=C([C@H]1CCS(=O)(=O)C1)N1CCN(CC(F)(F)C(F)F)CC1. The van der Waals surface area contributed by atoms with E-state index in [0.717, 1.165) is 0 Å².